The number of nitrogens with zero attached hydrogens (tertiary/aromatic N) is 1. The van der Waals surface area contributed by atoms with E-state index in [-0.39, 0.29) is 18.4 Å². The van der Waals surface area contributed by atoms with Crippen LogP contribution in [-0.2, 0) is 9.59 Å². The van der Waals surface area contributed by atoms with Crippen LogP contribution in [0.5, 0.6) is 0 Å². The molecule has 0 aliphatic rings. The number of hydrogen-bond acceptors (Lipinski definition) is 3. The first-order valence-electron chi connectivity index (χ1n) is 4.67. The van der Waals surface area contributed by atoms with Crippen molar-refractivity contribution >= 4 is 23.6 Å². The number of carboxylic acid groups (broad SMARTS) is 1. The summed E-state index contributed by atoms with van der Waals surface area (Å²) in [7, 11) is 0. The summed E-state index contributed by atoms with van der Waals surface area (Å²) in [6.45, 7) is 4.11. The molecule has 1 amide bonds. The minimum Gasteiger partial charge on any atom is -0.480 e. The molecule has 0 radical (unpaired) electrons. The highest BCUT2D eigenvalue weighted by molar-refractivity contribution is 8.01. The van der Waals surface area contributed by atoms with Crippen LogP contribution in [0, 0.1) is 5.92 Å². The third kappa shape index (κ3) is 7.02. The van der Waals surface area contributed by atoms with E-state index in [0.29, 0.717) is 6.54 Å². The summed E-state index contributed by atoms with van der Waals surface area (Å²) in [4.78, 5) is 23.4. The molecule has 0 fully saturated rings. The fraction of sp³-hybridized carbons (Fsp3) is 0.600. The van der Waals surface area contributed by atoms with Crippen molar-refractivity contribution in [1.29, 1.82) is 0 Å². The van der Waals surface area contributed by atoms with E-state index in [1.54, 1.807) is 5.41 Å². The van der Waals surface area contributed by atoms with E-state index in [1.165, 1.54) is 22.7 Å². The van der Waals surface area contributed by atoms with E-state index < -0.39 is 5.97 Å². The second-order valence-electron chi connectivity index (χ2n) is 3.54. The average Bonchev–Trinajstić information content (AvgIpc) is 2.11. The predicted molar refractivity (Wildman–Crippen MR) is 61.7 cm³/mol. The number of carboxylic acids is 1. The van der Waals surface area contributed by atoms with Crippen LogP contribution < -0.4 is 0 Å². The molecule has 0 aromatic carbocycles. The van der Waals surface area contributed by atoms with Crippen molar-refractivity contribution in [1.82, 2.24) is 4.90 Å². The van der Waals surface area contributed by atoms with Gasteiger partial charge in [-0.2, -0.15) is 0 Å². The van der Waals surface area contributed by atoms with Crippen molar-refractivity contribution in [2.45, 2.75) is 13.8 Å². The van der Waals surface area contributed by atoms with Crippen molar-refractivity contribution in [2.75, 3.05) is 19.3 Å². The Morgan fingerprint density at radius 1 is 1.47 bits per heavy atom. The maximum Gasteiger partial charge on any atom is 0.323 e. The molecule has 0 saturated carbocycles. The molecular weight excluding hydrogens is 214 g/mol. The van der Waals surface area contributed by atoms with E-state index in [2.05, 4.69) is 0 Å². The van der Waals surface area contributed by atoms with Gasteiger partial charge in [-0.3, -0.25) is 9.59 Å². The lowest BCUT2D eigenvalue weighted by Gasteiger charge is -2.20. The molecule has 0 atom stereocenters. The summed E-state index contributed by atoms with van der Waals surface area (Å²) in [5.74, 6) is -0.974. The quantitative estimate of drug-likeness (QED) is 0.703. The minimum atomic E-state index is -0.985. The maximum absolute atomic E-state index is 11.5. The van der Waals surface area contributed by atoms with Crippen LogP contribution in [0.15, 0.2) is 11.5 Å². The molecule has 5 heteroatoms. The Bertz CT molecular complexity index is 251. The smallest absolute Gasteiger partial charge is 0.323 e. The molecule has 0 saturated heterocycles. The van der Waals surface area contributed by atoms with Gasteiger partial charge in [0.05, 0.1) is 0 Å². The predicted octanol–water partition coefficient (Wildman–Crippen LogP) is 1.43. The first-order valence-corrected chi connectivity index (χ1v) is 5.96. The van der Waals surface area contributed by atoms with Gasteiger partial charge in [-0.05, 0) is 17.6 Å². The Hall–Kier alpha value is -0.970. The minimum absolute atomic E-state index is 0.240. The van der Waals surface area contributed by atoms with Crippen LogP contribution in [0.1, 0.15) is 13.8 Å². The summed E-state index contributed by atoms with van der Waals surface area (Å²) >= 11 is 1.41. The summed E-state index contributed by atoms with van der Waals surface area (Å²) < 4.78 is 0. The lowest BCUT2D eigenvalue weighted by molar-refractivity contribution is -0.143. The number of rotatable bonds is 6. The number of carbonyl (C=O) groups is 2. The van der Waals surface area contributed by atoms with Crippen LogP contribution in [0.2, 0.25) is 0 Å². The summed E-state index contributed by atoms with van der Waals surface area (Å²) in [5, 5.41) is 10.3. The zero-order valence-electron chi connectivity index (χ0n) is 9.27. The topological polar surface area (TPSA) is 57.6 Å². The van der Waals surface area contributed by atoms with E-state index in [4.69, 9.17) is 5.11 Å². The molecule has 0 spiro atoms. The highest BCUT2D eigenvalue weighted by Crippen LogP contribution is 2.02. The third-order valence-electron chi connectivity index (χ3n) is 1.57. The maximum atomic E-state index is 11.5. The average molecular weight is 231 g/mol. The third-order valence-corrected chi connectivity index (χ3v) is 1.98. The van der Waals surface area contributed by atoms with Crippen LogP contribution >= 0.6 is 11.8 Å². The van der Waals surface area contributed by atoms with Gasteiger partial charge in [-0.15, -0.1) is 11.8 Å². The van der Waals surface area contributed by atoms with Crippen LogP contribution in [-0.4, -0.2) is 41.2 Å². The van der Waals surface area contributed by atoms with Crippen molar-refractivity contribution in [3.63, 3.8) is 0 Å². The number of hydrogen-bond donors (Lipinski definition) is 1. The number of thioether (sulfide) groups is 1. The molecular formula is C10H17NO3S. The van der Waals surface area contributed by atoms with Crippen LogP contribution in [0.25, 0.3) is 0 Å². The van der Waals surface area contributed by atoms with Gasteiger partial charge in [0.25, 0.3) is 0 Å². The zero-order chi connectivity index (χ0) is 11.8. The summed E-state index contributed by atoms with van der Waals surface area (Å²) in [6, 6.07) is 0. The summed E-state index contributed by atoms with van der Waals surface area (Å²) in [6.07, 6.45) is 3.24. The molecule has 0 bridgehead atoms. The molecule has 0 aromatic heterocycles. The molecule has 0 aromatic rings. The van der Waals surface area contributed by atoms with E-state index in [9.17, 15) is 9.59 Å². The highest BCUT2D eigenvalue weighted by Gasteiger charge is 2.15. The largest absolute Gasteiger partial charge is 0.480 e. The van der Waals surface area contributed by atoms with Gasteiger partial charge < -0.3 is 10.0 Å². The molecule has 86 valence electrons. The Morgan fingerprint density at radius 3 is 2.47 bits per heavy atom. The monoisotopic (exact) mass is 231 g/mol. The SMILES string of the molecule is CS/C=C/C(=O)N(CC(=O)O)CC(C)C. The van der Waals surface area contributed by atoms with Crippen LogP contribution in [0.4, 0.5) is 0 Å². The highest BCUT2D eigenvalue weighted by atomic mass is 32.2. The number of carbonyl (C=O) groups excluding carboxylic acids is 1. The molecule has 0 aliphatic heterocycles. The van der Waals surface area contributed by atoms with Gasteiger partial charge in [-0.25, -0.2) is 0 Å². The second-order valence-corrected chi connectivity index (χ2v) is 4.29. The van der Waals surface area contributed by atoms with Gasteiger partial charge in [0, 0.05) is 12.6 Å². The van der Waals surface area contributed by atoms with Gasteiger partial charge in [0.2, 0.25) is 5.91 Å². The van der Waals surface area contributed by atoms with E-state index in [1.807, 2.05) is 20.1 Å². The van der Waals surface area contributed by atoms with Crippen molar-refractivity contribution < 1.29 is 14.7 Å². The molecule has 0 heterocycles. The Morgan fingerprint density at radius 2 is 2.07 bits per heavy atom. The van der Waals surface area contributed by atoms with E-state index >= 15 is 0 Å². The van der Waals surface area contributed by atoms with Crippen molar-refractivity contribution in [3.8, 4) is 0 Å². The number of amides is 1. The first-order chi connectivity index (χ1) is 6.97. The fourth-order valence-electron chi connectivity index (χ4n) is 1.07. The van der Waals surface area contributed by atoms with E-state index in [0.717, 1.165) is 0 Å². The zero-order valence-corrected chi connectivity index (χ0v) is 10.1. The van der Waals surface area contributed by atoms with Gasteiger partial charge in [-0.1, -0.05) is 13.8 Å². The van der Waals surface area contributed by atoms with Gasteiger partial charge >= 0.3 is 5.97 Å². The molecule has 4 nitrogen and oxygen atoms in total. The standard InChI is InChI=1S/C10H17NO3S/c1-8(2)6-11(7-10(13)14)9(12)4-5-15-3/h4-5,8H,6-7H2,1-3H3,(H,13,14)/b5-4+. The van der Waals surface area contributed by atoms with Crippen molar-refractivity contribution in [3.05, 3.63) is 11.5 Å². The van der Waals surface area contributed by atoms with Gasteiger partial charge in [0.1, 0.15) is 6.54 Å². The normalized spacial score (nSPS) is 10.9. The fourth-order valence-corrected chi connectivity index (χ4v) is 1.32. The first kappa shape index (κ1) is 14.0. The Kier molecular flexibility index (Phi) is 6.86. The van der Waals surface area contributed by atoms with Crippen molar-refractivity contribution in [2.24, 2.45) is 5.92 Å². The molecule has 15 heavy (non-hydrogen) atoms. The lowest BCUT2D eigenvalue weighted by atomic mass is 10.2. The molecule has 0 rings (SSSR count). The molecule has 1 N–H and O–H groups in total. The lowest BCUT2D eigenvalue weighted by Crippen LogP contribution is -2.37. The Labute approximate surface area is 94.3 Å². The summed E-state index contributed by atoms with van der Waals surface area (Å²) in [5.41, 5.74) is 0. The molecule has 0 unspecified atom stereocenters. The van der Waals surface area contributed by atoms with Gasteiger partial charge in [0.15, 0.2) is 0 Å². The molecule has 0 aliphatic carbocycles. The van der Waals surface area contributed by atoms with Crippen LogP contribution in [0.3, 0.4) is 0 Å². The second kappa shape index (κ2) is 7.34. The Balaban J connectivity index is 4.40. The number of aliphatic carboxylic acids is 1.